The first-order valence-corrected chi connectivity index (χ1v) is 6.22. The van der Waals surface area contributed by atoms with Gasteiger partial charge in [0, 0.05) is 24.1 Å². The molecule has 3 heteroatoms. The first-order valence-electron chi connectivity index (χ1n) is 6.22. The zero-order valence-electron chi connectivity index (χ0n) is 10.3. The number of carbonyl (C=O) groups is 2. The van der Waals surface area contributed by atoms with Crippen molar-refractivity contribution in [1.29, 1.82) is 0 Å². The number of hydrogen-bond donors (Lipinski definition) is 1. The Morgan fingerprint density at radius 3 is 2.47 bits per heavy atom. The average molecular weight is 251 g/mol. The highest BCUT2D eigenvalue weighted by atomic mass is 16.1. The summed E-state index contributed by atoms with van der Waals surface area (Å²) in [6.45, 7) is 0. The number of Topliss-reactive ketones (excluding diaryl/α,β-unsaturated/α-hetero) is 1. The third-order valence-electron chi connectivity index (χ3n) is 3.28. The Morgan fingerprint density at radius 1 is 0.947 bits per heavy atom. The van der Waals surface area contributed by atoms with Crippen molar-refractivity contribution in [2.24, 2.45) is 0 Å². The number of para-hydroxylation sites is 1. The monoisotopic (exact) mass is 251 g/mol. The number of fused-ring (bicyclic) bond motifs is 1. The van der Waals surface area contributed by atoms with E-state index in [1.165, 1.54) is 0 Å². The number of ketones is 1. The van der Waals surface area contributed by atoms with Crippen LogP contribution >= 0.6 is 0 Å². The molecular formula is C16H13NO2. The topological polar surface area (TPSA) is 46.2 Å². The summed E-state index contributed by atoms with van der Waals surface area (Å²) >= 11 is 0. The maximum Gasteiger partial charge on any atom is 0.255 e. The molecule has 0 aromatic heterocycles. The number of hydrogen-bond acceptors (Lipinski definition) is 2. The Morgan fingerprint density at radius 2 is 1.68 bits per heavy atom. The number of rotatable bonds is 2. The molecule has 1 N–H and O–H groups in total. The van der Waals surface area contributed by atoms with Gasteiger partial charge in [0.05, 0.1) is 0 Å². The first-order chi connectivity index (χ1) is 9.22. The predicted octanol–water partition coefficient (Wildman–Crippen LogP) is 2.61. The van der Waals surface area contributed by atoms with E-state index in [2.05, 4.69) is 5.32 Å². The molecule has 0 bridgehead atoms. The summed E-state index contributed by atoms with van der Waals surface area (Å²) in [4.78, 5) is 23.5. The van der Waals surface area contributed by atoms with Gasteiger partial charge in [0.15, 0.2) is 0 Å². The Balaban J connectivity index is 1.82. The van der Waals surface area contributed by atoms with Crippen molar-refractivity contribution in [3.63, 3.8) is 0 Å². The number of nitrogens with one attached hydrogen (secondary N) is 1. The van der Waals surface area contributed by atoms with Gasteiger partial charge < -0.3 is 5.32 Å². The van der Waals surface area contributed by atoms with E-state index in [0.29, 0.717) is 18.4 Å². The second-order valence-electron chi connectivity index (χ2n) is 4.70. The third-order valence-corrected chi connectivity index (χ3v) is 3.28. The minimum Gasteiger partial charge on any atom is -0.322 e. The van der Waals surface area contributed by atoms with E-state index in [4.69, 9.17) is 0 Å². The Labute approximate surface area is 111 Å². The second-order valence-corrected chi connectivity index (χ2v) is 4.70. The van der Waals surface area contributed by atoms with E-state index in [9.17, 15) is 9.59 Å². The van der Waals surface area contributed by atoms with E-state index in [1.54, 1.807) is 6.07 Å². The fourth-order valence-corrected chi connectivity index (χ4v) is 2.32. The van der Waals surface area contributed by atoms with Crippen LogP contribution in [0.4, 0.5) is 5.69 Å². The molecule has 0 heterocycles. The Kier molecular flexibility index (Phi) is 2.88. The molecule has 0 unspecified atom stereocenters. The van der Waals surface area contributed by atoms with Gasteiger partial charge in [0.2, 0.25) is 0 Å². The van der Waals surface area contributed by atoms with E-state index in [1.807, 2.05) is 42.5 Å². The van der Waals surface area contributed by atoms with Crippen LogP contribution in [-0.4, -0.2) is 11.7 Å². The Hall–Kier alpha value is -2.42. The molecule has 3 rings (SSSR count). The molecule has 0 radical (unpaired) electrons. The van der Waals surface area contributed by atoms with Gasteiger partial charge in [-0.2, -0.15) is 0 Å². The van der Waals surface area contributed by atoms with Crippen LogP contribution in [0.3, 0.4) is 0 Å². The van der Waals surface area contributed by atoms with Crippen molar-refractivity contribution >= 4 is 17.4 Å². The maximum absolute atomic E-state index is 12.1. The molecule has 0 spiro atoms. The summed E-state index contributed by atoms with van der Waals surface area (Å²) in [5.41, 5.74) is 3.38. The van der Waals surface area contributed by atoms with E-state index >= 15 is 0 Å². The van der Waals surface area contributed by atoms with Crippen molar-refractivity contribution in [2.45, 2.75) is 12.8 Å². The van der Waals surface area contributed by atoms with Crippen LogP contribution in [-0.2, 0) is 17.6 Å². The highest BCUT2D eigenvalue weighted by Crippen LogP contribution is 2.21. The minimum atomic E-state index is -0.145. The molecule has 1 aliphatic carbocycles. The lowest BCUT2D eigenvalue weighted by Gasteiger charge is -2.06. The molecule has 0 atom stereocenters. The van der Waals surface area contributed by atoms with Crippen LogP contribution in [0.5, 0.6) is 0 Å². The number of anilines is 1. The van der Waals surface area contributed by atoms with Gasteiger partial charge in [-0.15, -0.1) is 0 Å². The van der Waals surface area contributed by atoms with Crippen molar-refractivity contribution < 1.29 is 9.59 Å². The number of carbonyl (C=O) groups excluding carboxylic acids is 2. The van der Waals surface area contributed by atoms with Crippen LogP contribution in [0.15, 0.2) is 48.5 Å². The molecule has 94 valence electrons. The molecule has 0 saturated heterocycles. The molecule has 1 aliphatic rings. The summed E-state index contributed by atoms with van der Waals surface area (Å²) in [6, 6.07) is 14.8. The van der Waals surface area contributed by atoms with E-state index < -0.39 is 0 Å². The van der Waals surface area contributed by atoms with Gasteiger partial charge in [0.25, 0.3) is 5.91 Å². The largest absolute Gasteiger partial charge is 0.322 e. The molecular weight excluding hydrogens is 238 g/mol. The third kappa shape index (κ3) is 2.40. The average Bonchev–Trinajstić information content (AvgIpc) is 2.78. The van der Waals surface area contributed by atoms with Crippen LogP contribution in [0.1, 0.15) is 21.5 Å². The number of benzene rings is 2. The van der Waals surface area contributed by atoms with Crippen LogP contribution in [0, 0.1) is 0 Å². The fraction of sp³-hybridized carbons (Fsp3) is 0.125. The predicted molar refractivity (Wildman–Crippen MR) is 73.3 cm³/mol. The summed E-state index contributed by atoms with van der Waals surface area (Å²) in [5, 5.41) is 2.84. The highest BCUT2D eigenvalue weighted by Gasteiger charge is 2.19. The van der Waals surface area contributed by atoms with Crippen molar-refractivity contribution in [3.05, 3.63) is 65.2 Å². The van der Waals surface area contributed by atoms with E-state index in [0.717, 1.165) is 16.8 Å². The van der Waals surface area contributed by atoms with Crippen LogP contribution < -0.4 is 5.32 Å². The maximum atomic E-state index is 12.1. The van der Waals surface area contributed by atoms with Gasteiger partial charge in [-0.1, -0.05) is 24.3 Å². The lowest BCUT2D eigenvalue weighted by atomic mass is 10.1. The van der Waals surface area contributed by atoms with Crippen LogP contribution in [0.25, 0.3) is 0 Å². The van der Waals surface area contributed by atoms with Crippen molar-refractivity contribution in [2.75, 3.05) is 5.32 Å². The van der Waals surface area contributed by atoms with Crippen LogP contribution in [0.2, 0.25) is 0 Å². The normalized spacial score (nSPS) is 13.2. The summed E-state index contributed by atoms with van der Waals surface area (Å²) in [7, 11) is 0. The van der Waals surface area contributed by atoms with E-state index in [-0.39, 0.29) is 11.7 Å². The van der Waals surface area contributed by atoms with Gasteiger partial charge in [0.1, 0.15) is 5.78 Å². The lowest BCUT2D eigenvalue weighted by molar-refractivity contribution is -0.117. The van der Waals surface area contributed by atoms with Crippen molar-refractivity contribution in [3.8, 4) is 0 Å². The smallest absolute Gasteiger partial charge is 0.255 e. The Bertz CT molecular complexity index is 647. The number of amides is 1. The molecule has 3 nitrogen and oxygen atoms in total. The highest BCUT2D eigenvalue weighted by molar-refractivity contribution is 6.04. The quantitative estimate of drug-likeness (QED) is 0.891. The van der Waals surface area contributed by atoms with Gasteiger partial charge in [-0.25, -0.2) is 0 Å². The first kappa shape index (κ1) is 11.7. The molecule has 0 aliphatic heterocycles. The summed E-state index contributed by atoms with van der Waals surface area (Å²) < 4.78 is 0. The standard InChI is InChI=1S/C16H13NO2/c18-15-9-11-6-7-12(8-13(11)10-15)16(19)17-14-4-2-1-3-5-14/h1-8H,9-10H2,(H,17,19). The fourth-order valence-electron chi connectivity index (χ4n) is 2.32. The second kappa shape index (κ2) is 4.69. The van der Waals surface area contributed by atoms with Gasteiger partial charge >= 0.3 is 0 Å². The summed E-state index contributed by atoms with van der Waals surface area (Å²) in [6.07, 6.45) is 0.942. The molecule has 0 fully saturated rings. The molecule has 2 aromatic carbocycles. The van der Waals surface area contributed by atoms with Gasteiger partial charge in [-0.3, -0.25) is 9.59 Å². The lowest BCUT2D eigenvalue weighted by Crippen LogP contribution is -2.12. The SMILES string of the molecule is O=C1Cc2ccc(C(=O)Nc3ccccc3)cc2C1. The molecule has 19 heavy (non-hydrogen) atoms. The molecule has 1 amide bonds. The molecule has 0 saturated carbocycles. The van der Waals surface area contributed by atoms with Gasteiger partial charge in [-0.05, 0) is 35.4 Å². The zero-order chi connectivity index (χ0) is 13.2. The summed E-state index contributed by atoms with van der Waals surface area (Å²) in [5.74, 6) is 0.0731. The minimum absolute atomic E-state index is 0.145. The molecule has 2 aromatic rings. The van der Waals surface area contributed by atoms with Crippen molar-refractivity contribution in [1.82, 2.24) is 0 Å². The zero-order valence-corrected chi connectivity index (χ0v) is 10.3.